The average Bonchev–Trinajstić information content (AvgIpc) is 3.01. The van der Waals surface area contributed by atoms with Gasteiger partial charge in [0.05, 0.1) is 11.1 Å². The Morgan fingerprint density at radius 2 is 1.95 bits per heavy atom. The molecule has 3 rings (SSSR count). The third-order valence-corrected chi connectivity index (χ3v) is 5.06. The molecule has 7 heteroatoms. The second kappa shape index (κ2) is 5.57. The van der Waals surface area contributed by atoms with E-state index in [0.717, 1.165) is 36.8 Å². The molecule has 1 aromatic carbocycles. The largest absolute Gasteiger partial charge is 0.238 e. The van der Waals surface area contributed by atoms with Crippen molar-refractivity contribution in [2.24, 2.45) is 5.14 Å². The van der Waals surface area contributed by atoms with E-state index in [9.17, 15) is 8.42 Å². The Balaban J connectivity index is 2.09. The number of hydrogen-bond donors (Lipinski definition) is 2. The van der Waals surface area contributed by atoms with E-state index in [2.05, 4.69) is 15.4 Å². The van der Waals surface area contributed by atoms with Crippen molar-refractivity contribution in [2.45, 2.75) is 42.9 Å². The smallest absolute Gasteiger partial charge is 0.225 e. The highest BCUT2D eigenvalue weighted by Crippen LogP contribution is 2.37. The van der Waals surface area contributed by atoms with Gasteiger partial charge in [-0.15, -0.1) is 0 Å². The molecule has 0 aliphatic heterocycles. The Kier molecular flexibility index (Phi) is 3.77. The zero-order valence-corrected chi connectivity index (χ0v) is 12.4. The van der Waals surface area contributed by atoms with Crippen LogP contribution in [0.2, 0.25) is 0 Å². The van der Waals surface area contributed by atoms with E-state index in [-0.39, 0.29) is 10.8 Å². The first-order valence-electron chi connectivity index (χ1n) is 7.08. The van der Waals surface area contributed by atoms with Crippen molar-refractivity contribution in [1.29, 1.82) is 0 Å². The molecule has 0 unspecified atom stereocenters. The van der Waals surface area contributed by atoms with Gasteiger partial charge in [0.1, 0.15) is 5.69 Å². The molecule has 1 aliphatic rings. The van der Waals surface area contributed by atoms with Crippen LogP contribution in [0.15, 0.2) is 29.3 Å². The highest BCUT2D eigenvalue weighted by molar-refractivity contribution is 7.89. The normalized spacial score (nSPS) is 17.0. The summed E-state index contributed by atoms with van der Waals surface area (Å²) in [6.45, 7) is 0. The van der Waals surface area contributed by atoms with Gasteiger partial charge in [0.15, 0.2) is 0 Å². The number of nitrogens with two attached hydrogens (primary N) is 1. The number of primary sulfonamides is 1. The van der Waals surface area contributed by atoms with Crippen LogP contribution in [0.4, 0.5) is 0 Å². The predicted molar refractivity (Wildman–Crippen MR) is 79.0 cm³/mol. The molecule has 1 saturated carbocycles. The molecule has 0 spiro atoms. The van der Waals surface area contributed by atoms with Crippen molar-refractivity contribution in [1.82, 2.24) is 15.4 Å². The first-order chi connectivity index (χ1) is 10.1. The number of aromatic amines is 1. The quantitative estimate of drug-likeness (QED) is 0.907. The minimum absolute atomic E-state index is 0.238. The highest BCUT2D eigenvalue weighted by atomic mass is 32.2. The molecule has 0 radical (unpaired) electrons. The van der Waals surface area contributed by atoms with Crippen LogP contribution >= 0.6 is 0 Å². The van der Waals surface area contributed by atoms with Crippen LogP contribution < -0.4 is 5.14 Å². The SMILES string of the molecule is NS(=O)(=O)c1ccc(-c2cn[nH]n2)cc1C1CCCCC1. The predicted octanol–water partition coefficient (Wildman–Crippen LogP) is 2.17. The molecule has 0 atom stereocenters. The molecule has 1 fully saturated rings. The fourth-order valence-electron chi connectivity index (χ4n) is 3.04. The van der Waals surface area contributed by atoms with Crippen molar-refractivity contribution in [2.75, 3.05) is 0 Å². The third kappa shape index (κ3) is 2.98. The van der Waals surface area contributed by atoms with E-state index in [4.69, 9.17) is 5.14 Å². The van der Waals surface area contributed by atoms with Crippen molar-refractivity contribution in [3.8, 4) is 11.3 Å². The highest BCUT2D eigenvalue weighted by Gasteiger charge is 2.23. The zero-order valence-electron chi connectivity index (χ0n) is 11.6. The fourth-order valence-corrected chi connectivity index (χ4v) is 3.85. The first-order valence-corrected chi connectivity index (χ1v) is 8.63. The van der Waals surface area contributed by atoms with Crippen molar-refractivity contribution >= 4 is 10.0 Å². The second-order valence-corrected chi connectivity index (χ2v) is 7.02. The maximum atomic E-state index is 11.8. The monoisotopic (exact) mass is 306 g/mol. The van der Waals surface area contributed by atoms with E-state index in [1.54, 1.807) is 18.3 Å². The Morgan fingerprint density at radius 3 is 2.57 bits per heavy atom. The lowest BCUT2D eigenvalue weighted by molar-refractivity contribution is 0.438. The Morgan fingerprint density at radius 1 is 1.19 bits per heavy atom. The van der Waals surface area contributed by atoms with Crippen LogP contribution in [0.1, 0.15) is 43.6 Å². The van der Waals surface area contributed by atoms with Gasteiger partial charge in [-0.25, -0.2) is 13.6 Å². The minimum atomic E-state index is -3.71. The molecule has 0 bridgehead atoms. The van der Waals surface area contributed by atoms with Gasteiger partial charge >= 0.3 is 0 Å². The summed E-state index contributed by atoms with van der Waals surface area (Å²) in [5.74, 6) is 0.249. The second-order valence-electron chi connectivity index (χ2n) is 5.49. The number of nitrogens with one attached hydrogen (secondary N) is 1. The molecular weight excluding hydrogens is 288 g/mol. The van der Waals surface area contributed by atoms with E-state index < -0.39 is 10.0 Å². The van der Waals surface area contributed by atoms with E-state index in [0.29, 0.717) is 5.69 Å². The van der Waals surface area contributed by atoms with Crippen LogP contribution in [-0.4, -0.2) is 23.8 Å². The van der Waals surface area contributed by atoms with Gasteiger partial charge in [-0.2, -0.15) is 15.4 Å². The summed E-state index contributed by atoms with van der Waals surface area (Å²) in [5.41, 5.74) is 2.38. The molecule has 1 heterocycles. The Hall–Kier alpha value is -1.73. The van der Waals surface area contributed by atoms with E-state index in [1.807, 2.05) is 6.07 Å². The minimum Gasteiger partial charge on any atom is -0.225 e. The molecular formula is C14H18N4O2S. The molecule has 112 valence electrons. The van der Waals surface area contributed by atoms with Gasteiger partial charge < -0.3 is 0 Å². The maximum Gasteiger partial charge on any atom is 0.238 e. The van der Waals surface area contributed by atoms with Crippen LogP contribution in [0.25, 0.3) is 11.3 Å². The van der Waals surface area contributed by atoms with Gasteiger partial charge in [0.2, 0.25) is 10.0 Å². The summed E-state index contributed by atoms with van der Waals surface area (Å²) >= 11 is 0. The van der Waals surface area contributed by atoms with Crippen LogP contribution in [0, 0.1) is 0 Å². The lowest BCUT2D eigenvalue weighted by atomic mass is 9.83. The van der Waals surface area contributed by atoms with Crippen LogP contribution in [0.5, 0.6) is 0 Å². The summed E-state index contributed by atoms with van der Waals surface area (Å²) in [7, 11) is -3.71. The van der Waals surface area contributed by atoms with Gasteiger partial charge in [-0.3, -0.25) is 0 Å². The van der Waals surface area contributed by atoms with Gasteiger partial charge in [0, 0.05) is 5.56 Å². The summed E-state index contributed by atoms with van der Waals surface area (Å²) in [6, 6.07) is 5.21. The summed E-state index contributed by atoms with van der Waals surface area (Å²) in [4.78, 5) is 0.238. The zero-order chi connectivity index (χ0) is 14.9. The first kappa shape index (κ1) is 14.2. The Bertz CT molecular complexity index is 719. The van der Waals surface area contributed by atoms with Crippen molar-refractivity contribution < 1.29 is 8.42 Å². The topological polar surface area (TPSA) is 102 Å². The molecule has 21 heavy (non-hydrogen) atoms. The van der Waals surface area contributed by atoms with E-state index >= 15 is 0 Å². The molecule has 0 amide bonds. The molecule has 1 aliphatic carbocycles. The third-order valence-electron chi connectivity index (χ3n) is 4.07. The number of benzene rings is 1. The number of nitrogens with zero attached hydrogens (tertiary/aromatic N) is 2. The van der Waals surface area contributed by atoms with Gasteiger partial charge in [0.25, 0.3) is 0 Å². The fraction of sp³-hybridized carbons (Fsp3) is 0.429. The standard InChI is InChI=1S/C14H18N4O2S/c15-21(19,20)14-7-6-11(13-9-16-18-17-13)8-12(14)10-4-2-1-3-5-10/h6-10H,1-5H2,(H2,15,19,20)(H,16,17,18). The lowest BCUT2D eigenvalue weighted by Gasteiger charge is -2.24. The summed E-state index contributed by atoms with van der Waals surface area (Å²) in [5, 5.41) is 15.8. The molecule has 6 nitrogen and oxygen atoms in total. The number of rotatable bonds is 3. The van der Waals surface area contributed by atoms with Gasteiger partial charge in [-0.1, -0.05) is 25.3 Å². The number of sulfonamides is 1. The molecule has 3 N–H and O–H groups in total. The van der Waals surface area contributed by atoms with Crippen molar-refractivity contribution in [3.63, 3.8) is 0 Å². The average molecular weight is 306 g/mol. The Labute approximate surface area is 123 Å². The van der Waals surface area contributed by atoms with Crippen LogP contribution in [0.3, 0.4) is 0 Å². The summed E-state index contributed by atoms with van der Waals surface area (Å²) < 4.78 is 23.7. The van der Waals surface area contributed by atoms with Gasteiger partial charge in [-0.05, 0) is 36.5 Å². The summed E-state index contributed by atoms with van der Waals surface area (Å²) in [6.07, 6.45) is 7.10. The number of aromatic nitrogens is 3. The maximum absolute atomic E-state index is 11.8. The molecule has 0 saturated heterocycles. The van der Waals surface area contributed by atoms with E-state index in [1.165, 1.54) is 6.42 Å². The molecule has 1 aromatic heterocycles. The van der Waals surface area contributed by atoms with Crippen LogP contribution in [-0.2, 0) is 10.0 Å². The van der Waals surface area contributed by atoms with Crippen molar-refractivity contribution in [3.05, 3.63) is 30.0 Å². The number of H-pyrrole nitrogens is 1. The lowest BCUT2D eigenvalue weighted by Crippen LogP contribution is -2.17. The number of hydrogen-bond acceptors (Lipinski definition) is 4. The molecule has 2 aromatic rings.